The van der Waals surface area contributed by atoms with E-state index in [4.69, 9.17) is 0 Å². The number of carbonyl (C=O) groups excluding carboxylic acids is 1. The van der Waals surface area contributed by atoms with Crippen molar-refractivity contribution < 1.29 is 9.69 Å². The molecule has 0 radical (unpaired) electrons. The summed E-state index contributed by atoms with van der Waals surface area (Å²) in [5.41, 5.74) is 6.45. The van der Waals surface area contributed by atoms with E-state index in [1.807, 2.05) is 24.3 Å². The average Bonchev–Trinajstić information content (AvgIpc) is 2.56. The third-order valence-electron chi connectivity index (χ3n) is 4.60. The molecule has 0 amide bonds. The highest BCUT2D eigenvalue weighted by molar-refractivity contribution is 6.14. The molecule has 1 aliphatic heterocycles. The lowest BCUT2D eigenvalue weighted by molar-refractivity contribution is -0.870. The predicted octanol–water partition coefficient (Wildman–Crippen LogP) is 2.87. The smallest absolute Gasteiger partial charge is 0.196 e. The van der Waals surface area contributed by atoms with Gasteiger partial charge in [-0.2, -0.15) is 0 Å². The van der Waals surface area contributed by atoms with Crippen LogP contribution in [0, 0.1) is 13.8 Å². The Balaban J connectivity index is 1.98. The molecule has 1 aliphatic rings. The van der Waals surface area contributed by atoms with Gasteiger partial charge in [-0.3, -0.25) is 4.79 Å². The molecule has 1 unspecified atom stereocenters. The van der Waals surface area contributed by atoms with Crippen molar-refractivity contribution in [1.82, 2.24) is 0 Å². The zero-order valence-electron chi connectivity index (χ0n) is 14.6. The number of quaternary nitrogens is 1. The van der Waals surface area contributed by atoms with Crippen molar-refractivity contribution in [3.8, 4) is 0 Å². The van der Waals surface area contributed by atoms with Gasteiger partial charge in [0, 0.05) is 0 Å². The number of likely N-dealkylation sites (tertiary alicyclic amines) is 1. The number of piperidine rings is 1. The van der Waals surface area contributed by atoms with Gasteiger partial charge >= 0.3 is 0 Å². The number of Topliss-reactive ketones (excluding diaryl/α,β-unsaturated/α-hetero) is 1. The number of ketones is 1. The summed E-state index contributed by atoms with van der Waals surface area (Å²) in [4.78, 5) is 14.3. The maximum absolute atomic E-state index is 13.0. The standard InChI is InChI=1S/C22H23NO/c1-16-8-4-6-10-18(16)12-20-14-23(3)15-21(22(20)24)13-19-11-7-5-9-17(19)2/h4-13H,14-15H2,1-3H3/p+1/b20-12-,21-13+. The molecule has 0 aliphatic carbocycles. The van der Waals surface area contributed by atoms with Crippen LogP contribution in [0.15, 0.2) is 59.7 Å². The van der Waals surface area contributed by atoms with Gasteiger partial charge in [0.2, 0.25) is 0 Å². The van der Waals surface area contributed by atoms with Crippen molar-refractivity contribution in [3.05, 3.63) is 81.9 Å². The number of carbonyl (C=O) groups is 1. The van der Waals surface area contributed by atoms with Gasteiger partial charge < -0.3 is 4.90 Å². The van der Waals surface area contributed by atoms with Gasteiger partial charge in [-0.15, -0.1) is 0 Å². The Kier molecular flexibility index (Phi) is 4.77. The van der Waals surface area contributed by atoms with Crippen LogP contribution < -0.4 is 4.90 Å². The van der Waals surface area contributed by atoms with Crippen LogP contribution in [0.25, 0.3) is 12.2 Å². The fraction of sp³-hybridized carbons (Fsp3) is 0.227. The van der Waals surface area contributed by atoms with E-state index in [2.05, 4.69) is 57.3 Å². The maximum Gasteiger partial charge on any atom is 0.196 e. The zero-order valence-corrected chi connectivity index (χ0v) is 14.6. The minimum absolute atomic E-state index is 0.187. The summed E-state index contributed by atoms with van der Waals surface area (Å²) >= 11 is 0. The minimum Gasteiger partial charge on any atom is -0.330 e. The lowest BCUT2D eigenvalue weighted by Gasteiger charge is -2.23. The molecule has 1 N–H and O–H groups in total. The first kappa shape index (κ1) is 16.4. The summed E-state index contributed by atoms with van der Waals surface area (Å²) in [7, 11) is 2.14. The molecule has 1 saturated heterocycles. The van der Waals surface area contributed by atoms with Crippen molar-refractivity contribution in [2.45, 2.75) is 13.8 Å². The first-order chi connectivity index (χ1) is 11.5. The quantitative estimate of drug-likeness (QED) is 0.845. The summed E-state index contributed by atoms with van der Waals surface area (Å²) in [5.74, 6) is 0.187. The van der Waals surface area contributed by atoms with E-state index in [0.717, 1.165) is 35.4 Å². The summed E-state index contributed by atoms with van der Waals surface area (Å²) in [6, 6.07) is 16.4. The first-order valence-electron chi connectivity index (χ1n) is 8.43. The lowest BCUT2D eigenvalue weighted by atomic mass is 9.93. The second-order valence-corrected chi connectivity index (χ2v) is 6.69. The number of hydrogen-bond acceptors (Lipinski definition) is 1. The fourth-order valence-electron chi connectivity index (χ4n) is 3.19. The molecule has 24 heavy (non-hydrogen) atoms. The highest BCUT2D eigenvalue weighted by Crippen LogP contribution is 2.19. The van der Waals surface area contributed by atoms with Crippen molar-refractivity contribution in [2.75, 3.05) is 20.1 Å². The van der Waals surface area contributed by atoms with Gasteiger partial charge in [-0.05, 0) is 48.3 Å². The van der Waals surface area contributed by atoms with Crippen LogP contribution in [-0.2, 0) is 4.79 Å². The first-order valence-corrected chi connectivity index (χ1v) is 8.43. The third kappa shape index (κ3) is 3.55. The highest BCUT2D eigenvalue weighted by atomic mass is 16.1. The molecule has 2 heteroatoms. The van der Waals surface area contributed by atoms with Gasteiger partial charge in [0.15, 0.2) is 5.78 Å². The Morgan fingerprint density at radius 3 is 1.62 bits per heavy atom. The monoisotopic (exact) mass is 318 g/mol. The summed E-state index contributed by atoms with van der Waals surface area (Å²) < 4.78 is 0. The lowest BCUT2D eigenvalue weighted by Crippen LogP contribution is -3.10. The second kappa shape index (κ2) is 6.98. The Morgan fingerprint density at radius 1 is 0.792 bits per heavy atom. The molecular weight excluding hydrogens is 294 g/mol. The second-order valence-electron chi connectivity index (χ2n) is 6.69. The van der Waals surface area contributed by atoms with Crippen molar-refractivity contribution in [3.63, 3.8) is 0 Å². The Hall–Kier alpha value is -2.45. The minimum atomic E-state index is 0.187. The molecule has 2 aromatic rings. The van der Waals surface area contributed by atoms with Crippen LogP contribution in [0.1, 0.15) is 22.3 Å². The number of benzene rings is 2. The number of likely N-dealkylation sites (N-methyl/N-ethyl adjacent to an activating group) is 1. The summed E-state index contributed by atoms with van der Waals surface area (Å²) in [6.45, 7) is 5.72. The molecule has 0 spiro atoms. The van der Waals surface area contributed by atoms with Crippen LogP contribution in [0.2, 0.25) is 0 Å². The SMILES string of the molecule is Cc1ccccc1/C=C1/C[NH+](C)C/C(=C\c2ccccc2C)C1=O. The summed E-state index contributed by atoms with van der Waals surface area (Å²) in [6.07, 6.45) is 4.12. The molecule has 2 nitrogen and oxygen atoms in total. The predicted molar refractivity (Wildman–Crippen MR) is 99.9 cm³/mol. The van der Waals surface area contributed by atoms with E-state index in [1.165, 1.54) is 16.0 Å². The molecule has 1 fully saturated rings. The number of nitrogens with one attached hydrogen (secondary N) is 1. The Bertz CT molecular complexity index is 762. The van der Waals surface area contributed by atoms with Crippen LogP contribution in [0.5, 0.6) is 0 Å². The molecule has 122 valence electrons. The molecule has 0 aromatic heterocycles. The van der Waals surface area contributed by atoms with Crippen molar-refractivity contribution in [1.29, 1.82) is 0 Å². The maximum atomic E-state index is 13.0. The Labute approximate surface area is 144 Å². The van der Waals surface area contributed by atoms with E-state index in [1.54, 1.807) is 0 Å². The molecule has 0 saturated carbocycles. The van der Waals surface area contributed by atoms with Gasteiger partial charge in [-0.1, -0.05) is 48.5 Å². The van der Waals surface area contributed by atoms with E-state index in [9.17, 15) is 4.79 Å². The van der Waals surface area contributed by atoms with Crippen LogP contribution in [0.3, 0.4) is 0 Å². The number of hydrogen-bond donors (Lipinski definition) is 1. The van der Waals surface area contributed by atoms with E-state index in [-0.39, 0.29) is 5.78 Å². The summed E-state index contributed by atoms with van der Waals surface area (Å²) in [5, 5.41) is 0. The number of rotatable bonds is 2. The zero-order chi connectivity index (χ0) is 17.1. The fourth-order valence-corrected chi connectivity index (χ4v) is 3.19. The van der Waals surface area contributed by atoms with Gasteiger partial charge in [0.05, 0.1) is 18.2 Å². The van der Waals surface area contributed by atoms with Crippen molar-refractivity contribution >= 4 is 17.9 Å². The molecule has 0 bridgehead atoms. The molecule has 3 rings (SSSR count). The normalized spacial score (nSPS) is 21.5. The molecular formula is C22H24NO+. The van der Waals surface area contributed by atoms with E-state index < -0.39 is 0 Å². The third-order valence-corrected chi connectivity index (χ3v) is 4.60. The van der Waals surface area contributed by atoms with E-state index in [0.29, 0.717) is 0 Å². The van der Waals surface area contributed by atoms with E-state index >= 15 is 0 Å². The van der Waals surface area contributed by atoms with Crippen LogP contribution in [0.4, 0.5) is 0 Å². The van der Waals surface area contributed by atoms with Crippen molar-refractivity contribution in [2.24, 2.45) is 0 Å². The topological polar surface area (TPSA) is 21.5 Å². The highest BCUT2D eigenvalue weighted by Gasteiger charge is 2.27. The molecule has 1 atom stereocenters. The number of aryl methyl sites for hydroxylation is 2. The Morgan fingerprint density at radius 2 is 1.21 bits per heavy atom. The molecule has 2 aromatic carbocycles. The van der Waals surface area contributed by atoms with Gasteiger partial charge in [0.1, 0.15) is 13.1 Å². The van der Waals surface area contributed by atoms with Gasteiger partial charge in [-0.25, -0.2) is 0 Å². The largest absolute Gasteiger partial charge is 0.330 e. The van der Waals surface area contributed by atoms with Gasteiger partial charge in [0.25, 0.3) is 0 Å². The molecule has 1 heterocycles. The van der Waals surface area contributed by atoms with Crippen LogP contribution in [-0.4, -0.2) is 25.9 Å². The van der Waals surface area contributed by atoms with Crippen LogP contribution >= 0.6 is 0 Å². The average molecular weight is 318 g/mol.